The van der Waals surface area contributed by atoms with E-state index in [9.17, 15) is 0 Å². The molecule has 0 bridgehead atoms. The Morgan fingerprint density at radius 3 is 1.95 bits per heavy atom. The highest BCUT2D eigenvalue weighted by molar-refractivity contribution is 5.43. The first-order chi connectivity index (χ1) is 8.71. The lowest BCUT2D eigenvalue weighted by molar-refractivity contribution is 0.416. The first-order valence-electron chi connectivity index (χ1n) is 7.28. The van der Waals surface area contributed by atoms with Gasteiger partial charge in [-0.2, -0.15) is 0 Å². The van der Waals surface area contributed by atoms with E-state index in [1.807, 2.05) is 0 Å². The van der Waals surface area contributed by atoms with Crippen LogP contribution in [0.2, 0.25) is 0 Å². The van der Waals surface area contributed by atoms with E-state index in [4.69, 9.17) is 11.5 Å². The molecule has 0 heterocycles. The zero-order valence-corrected chi connectivity index (χ0v) is 13.0. The molecule has 2 nitrogen and oxygen atoms in total. The summed E-state index contributed by atoms with van der Waals surface area (Å²) in [5, 5.41) is 0. The Hall–Kier alpha value is -0.860. The van der Waals surface area contributed by atoms with Crippen LogP contribution in [0.4, 0.5) is 0 Å². The Morgan fingerprint density at radius 2 is 1.63 bits per heavy atom. The third kappa shape index (κ3) is 2.56. The maximum absolute atomic E-state index is 6.53. The van der Waals surface area contributed by atoms with Gasteiger partial charge in [-0.05, 0) is 60.9 Å². The molecule has 2 heteroatoms. The number of benzene rings is 1. The molecule has 1 atom stereocenters. The first-order valence-corrected chi connectivity index (χ1v) is 7.28. The van der Waals surface area contributed by atoms with Gasteiger partial charge in [0.1, 0.15) is 0 Å². The lowest BCUT2D eigenvalue weighted by Gasteiger charge is -2.28. The average Bonchev–Trinajstić information content (AvgIpc) is 3.07. The van der Waals surface area contributed by atoms with E-state index in [1.54, 1.807) is 0 Å². The summed E-state index contributed by atoms with van der Waals surface area (Å²) >= 11 is 0. The lowest BCUT2D eigenvalue weighted by atomic mass is 9.80. The zero-order valence-electron chi connectivity index (χ0n) is 13.0. The van der Waals surface area contributed by atoms with Gasteiger partial charge < -0.3 is 11.5 Å². The molecule has 0 aromatic heterocycles. The number of hydrogen-bond acceptors (Lipinski definition) is 2. The van der Waals surface area contributed by atoms with Crippen molar-refractivity contribution < 1.29 is 0 Å². The zero-order chi connectivity index (χ0) is 14.4. The molecule has 1 aromatic rings. The molecule has 1 aliphatic rings. The second kappa shape index (κ2) is 4.60. The lowest BCUT2D eigenvalue weighted by Crippen LogP contribution is -2.31. The van der Waals surface area contributed by atoms with E-state index in [1.165, 1.54) is 35.1 Å². The maximum Gasteiger partial charge on any atom is 0.0369 e. The van der Waals surface area contributed by atoms with Gasteiger partial charge >= 0.3 is 0 Å². The topological polar surface area (TPSA) is 52.0 Å². The van der Waals surface area contributed by atoms with Crippen LogP contribution in [0.3, 0.4) is 0 Å². The molecular formula is C17H28N2. The van der Waals surface area contributed by atoms with Crippen LogP contribution in [0.5, 0.6) is 0 Å². The summed E-state index contributed by atoms with van der Waals surface area (Å²) in [5.41, 5.74) is 18.1. The van der Waals surface area contributed by atoms with Gasteiger partial charge in [-0.25, -0.2) is 0 Å². The van der Waals surface area contributed by atoms with E-state index >= 15 is 0 Å². The van der Waals surface area contributed by atoms with Gasteiger partial charge in [0.15, 0.2) is 0 Å². The van der Waals surface area contributed by atoms with Gasteiger partial charge in [0.05, 0.1) is 0 Å². The number of aryl methyl sites for hydroxylation is 2. The summed E-state index contributed by atoms with van der Waals surface area (Å²) in [7, 11) is 0. The second-order valence-corrected chi connectivity index (χ2v) is 7.32. The van der Waals surface area contributed by atoms with E-state index in [-0.39, 0.29) is 16.9 Å². The van der Waals surface area contributed by atoms with Crippen LogP contribution in [-0.4, -0.2) is 6.54 Å². The fourth-order valence-corrected chi connectivity index (χ4v) is 3.01. The molecule has 1 aromatic carbocycles. The van der Waals surface area contributed by atoms with Gasteiger partial charge in [-0.1, -0.05) is 32.9 Å². The predicted molar refractivity (Wildman–Crippen MR) is 82.3 cm³/mol. The highest BCUT2D eigenvalue weighted by atomic mass is 14.8. The number of nitrogens with two attached hydrogens (primary N) is 2. The Labute approximate surface area is 117 Å². The molecule has 4 N–H and O–H groups in total. The van der Waals surface area contributed by atoms with Crippen molar-refractivity contribution >= 4 is 0 Å². The van der Waals surface area contributed by atoms with Crippen molar-refractivity contribution in [1.29, 1.82) is 0 Å². The third-order valence-electron chi connectivity index (χ3n) is 4.73. The molecule has 0 amide bonds. The van der Waals surface area contributed by atoms with Crippen LogP contribution in [0.1, 0.15) is 61.9 Å². The molecule has 1 fully saturated rings. The minimum atomic E-state index is 0.0894. The fraction of sp³-hybridized carbons (Fsp3) is 0.647. The largest absolute Gasteiger partial charge is 0.330 e. The summed E-state index contributed by atoms with van der Waals surface area (Å²) in [6.07, 6.45) is 2.34. The van der Waals surface area contributed by atoms with Crippen molar-refractivity contribution in [2.45, 2.75) is 58.9 Å². The molecule has 0 spiro atoms. The summed E-state index contributed by atoms with van der Waals surface area (Å²) < 4.78 is 0. The molecular weight excluding hydrogens is 232 g/mol. The van der Waals surface area contributed by atoms with E-state index in [0.29, 0.717) is 6.54 Å². The SMILES string of the molecule is Cc1cc(C(C)(C)C)cc(C)c1C(N)C1(CN)CC1. The number of hydrogen-bond donors (Lipinski definition) is 2. The van der Waals surface area contributed by atoms with Crippen LogP contribution in [0.25, 0.3) is 0 Å². The molecule has 19 heavy (non-hydrogen) atoms. The molecule has 1 aliphatic carbocycles. The summed E-state index contributed by atoms with van der Waals surface area (Å²) in [5.74, 6) is 0. The Kier molecular flexibility index (Phi) is 3.53. The smallest absolute Gasteiger partial charge is 0.0369 e. The van der Waals surface area contributed by atoms with Crippen molar-refractivity contribution in [1.82, 2.24) is 0 Å². The van der Waals surface area contributed by atoms with Crippen molar-refractivity contribution in [2.24, 2.45) is 16.9 Å². The molecule has 0 saturated heterocycles. The van der Waals surface area contributed by atoms with Crippen molar-refractivity contribution in [2.75, 3.05) is 6.54 Å². The first kappa shape index (κ1) is 14.5. The molecule has 0 radical (unpaired) electrons. The van der Waals surface area contributed by atoms with Crippen molar-refractivity contribution in [3.8, 4) is 0 Å². The fourth-order valence-electron chi connectivity index (χ4n) is 3.01. The van der Waals surface area contributed by atoms with E-state index in [0.717, 1.165) is 0 Å². The molecule has 2 rings (SSSR count). The molecule has 106 valence electrons. The van der Waals surface area contributed by atoms with Crippen LogP contribution < -0.4 is 11.5 Å². The van der Waals surface area contributed by atoms with Crippen LogP contribution >= 0.6 is 0 Å². The molecule has 1 unspecified atom stereocenters. The van der Waals surface area contributed by atoms with Gasteiger partial charge in [-0.15, -0.1) is 0 Å². The Morgan fingerprint density at radius 1 is 1.16 bits per heavy atom. The van der Waals surface area contributed by atoms with E-state index in [2.05, 4.69) is 46.8 Å². The third-order valence-corrected chi connectivity index (χ3v) is 4.73. The summed E-state index contributed by atoms with van der Waals surface area (Å²) in [6.45, 7) is 11.8. The Balaban J connectivity index is 2.43. The van der Waals surface area contributed by atoms with Gasteiger partial charge in [0, 0.05) is 11.5 Å². The molecule has 1 saturated carbocycles. The van der Waals surface area contributed by atoms with E-state index < -0.39 is 0 Å². The highest BCUT2D eigenvalue weighted by Gasteiger charge is 2.47. The Bertz CT molecular complexity index is 456. The quantitative estimate of drug-likeness (QED) is 0.875. The molecule has 0 aliphatic heterocycles. The van der Waals surface area contributed by atoms with Crippen LogP contribution in [0, 0.1) is 19.3 Å². The monoisotopic (exact) mass is 260 g/mol. The average molecular weight is 260 g/mol. The normalized spacial score (nSPS) is 19.3. The maximum atomic E-state index is 6.53. The standard InChI is InChI=1S/C17H28N2/c1-11-8-13(16(3,4)5)9-12(2)14(11)15(19)17(10-18)6-7-17/h8-9,15H,6-7,10,18-19H2,1-5H3. The van der Waals surface area contributed by atoms with Gasteiger partial charge in [0.2, 0.25) is 0 Å². The van der Waals surface area contributed by atoms with Crippen LogP contribution in [-0.2, 0) is 5.41 Å². The summed E-state index contributed by atoms with van der Waals surface area (Å²) in [4.78, 5) is 0. The van der Waals surface area contributed by atoms with Crippen molar-refractivity contribution in [3.05, 3.63) is 34.4 Å². The van der Waals surface area contributed by atoms with Gasteiger partial charge in [0.25, 0.3) is 0 Å². The van der Waals surface area contributed by atoms with Crippen LogP contribution in [0.15, 0.2) is 12.1 Å². The second-order valence-electron chi connectivity index (χ2n) is 7.32. The minimum Gasteiger partial charge on any atom is -0.330 e. The summed E-state index contributed by atoms with van der Waals surface area (Å²) in [6, 6.07) is 4.69. The number of rotatable bonds is 3. The van der Waals surface area contributed by atoms with Gasteiger partial charge in [-0.3, -0.25) is 0 Å². The predicted octanol–water partition coefficient (Wildman–Crippen LogP) is 3.34. The highest BCUT2D eigenvalue weighted by Crippen LogP contribution is 2.54. The minimum absolute atomic E-state index is 0.0894. The van der Waals surface area contributed by atoms with Crippen molar-refractivity contribution in [3.63, 3.8) is 0 Å².